The van der Waals surface area contributed by atoms with Gasteiger partial charge in [-0.05, 0) is 54.6 Å². The van der Waals surface area contributed by atoms with E-state index < -0.39 is 10.0 Å². The Bertz CT molecular complexity index is 1190. The molecule has 0 atom stereocenters. The molecule has 170 valence electrons. The van der Waals surface area contributed by atoms with Crippen molar-refractivity contribution in [2.75, 3.05) is 17.8 Å². The fourth-order valence-corrected chi connectivity index (χ4v) is 4.11. The summed E-state index contributed by atoms with van der Waals surface area (Å²) in [7, 11) is -3.94. The minimum atomic E-state index is -3.94. The maximum absolute atomic E-state index is 12.8. The smallest absolute Gasteiger partial charge is 0.262 e. The highest BCUT2D eigenvalue weighted by atomic mass is 35.5. The lowest BCUT2D eigenvalue weighted by Gasteiger charge is -2.14. The van der Waals surface area contributed by atoms with Crippen LogP contribution in [0.1, 0.15) is 10.4 Å². The number of para-hydroxylation sites is 2. The molecular formula is C21H20Cl3N3O4S. The molecule has 0 heterocycles. The van der Waals surface area contributed by atoms with E-state index in [4.69, 9.17) is 33.7 Å². The second-order valence-electron chi connectivity index (χ2n) is 6.35. The number of sulfonamides is 1. The first-order chi connectivity index (χ1) is 14.8. The number of ether oxygens (including phenoxy) is 1. The van der Waals surface area contributed by atoms with Crippen molar-refractivity contribution in [2.45, 2.75) is 4.90 Å². The quantitative estimate of drug-likeness (QED) is 0.402. The molecule has 0 bridgehead atoms. The third-order valence-electron chi connectivity index (χ3n) is 4.10. The van der Waals surface area contributed by atoms with E-state index in [0.29, 0.717) is 29.4 Å². The molecule has 3 aromatic rings. The van der Waals surface area contributed by atoms with Gasteiger partial charge >= 0.3 is 0 Å². The van der Waals surface area contributed by atoms with Gasteiger partial charge in [-0.25, -0.2) is 8.42 Å². The highest BCUT2D eigenvalue weighted by molar-refractivity contribution is 7.92. The molecule has 4 N–H and O–H groups in total. The summed E-state index contributed by atoms with van der Waals surface area (Å²) >= 11 is 12.0. The van der Waals surface area contributed by atoms with E-state index in [1.54, 1.807) is 36.4 Å². The minimum absolute atomic E-state index is 0. The molecule has 7 nitrogen and oxygen atoms in total. The van der Waals surface area contributed by atoms with Crippen molar-refractivity contribution in [3.63, 3.8) is 0 Å². The molecule has 1 amide bonds. The third kappa shape index (κ3) is 6.51. The van der Waals surface area contributed by atoms with Crippen molar-refractivity contribution in [3.8, 4) is 11.5 Å². The van der Waals surface area contributed by atoms with Crippen LogP contribution >= 0.6 is 35.6 Å². The van der Waals surface area contributed by atoms with E-state index in [1.807, 2.05) is 0 Å². The molecule has 0 aromatic heterocycles. The van der Waals surface area contributed by atoms with Crippen LogP contribution in [0.4, 0.5) is 5.69 Å². The predicted molar refractivity (Wildman–Crippen MR) is 129 cm³/mol. The average Bonchev–Trinajstić information content (AvgIpc) is 2.75. The van der Waals surface area contributed by atoms with E-state index in [1.165, 1.54) is 30.3 Å². The van der Waals surface area contributed by atoms with Crippen LogP contribution in [0.3, 0.4) is 0 Å². The number of amides is 1. The molecule has 0 aliphatic carbocycles. The standard InChI is InChI=1S/C21H19Cl2N3O4S.ClH/c22-15-7-10-19(17(23)13-15)30-20-4-2-1-3-18(20)26-31(28,29)16-8-5-14(6-9-16)21(27)25-12-11-24;/h1-10,13,26H,11-12,24H2,(H,25,27);1H. The highest BCUT2D eigenvalue weighted by Gasteiger charge is 2.18. The number of hydrogen-bond acceptors (Lipinski definition) is 5. The predicted octanol–water partition coefficient (Wildman–Crippen LogP) is 4.70. The fourth-order valence-electron chi connectivity index (χ4n) is 2.59. The van der Waals surface area contributed by atoms with Crippen molar-refractivity contribution >= 4 is 57.2 Å². The number of rotatable bonds is 8. The van der Waals surface area contributed by atoms with Crippen LogP contribution in [-0.4, -0.2) is 27.4 Å². The molecule has 0 aliphatic rings. The molecule has 0 radical (unpaired) electrons. The summed E-state index contributed by atoms with van der Waals surface area (Å²) in [5.74, 6) is 0.250. The molecule has 0 aliphatic heterocycles. The monoisotopic (exact) mass is 515 g/mol. The Kier molecular flexibility index (Phi) is 9.18. The molecule has 0 fully saturated rings. The first-order valence-corrected chi connectivity index (χ1v) is 11.4. The summed E-state index contributed by atoms with van der Waals surface area (Å²) in [6.45, 7) is 0.639. The number of carbonyl (C=O) groups is 1. The van der Waals surface area contributed by atoms with Crippen LogP contribution in [0, 0.1) is 0 Å². The zero-order valence-electron chi connectivity index (χ0n) is 16.5. The van der Waals surface area contributed by atoms with E-state index in [2.05, 4.69) is 10.0 Å². The van der Waals surface area contributed by atoms with E-state index in [-0.39, 0.29) is 39.7 Å². The largest absolute Gasteiger partial charge is 0.454 e. The van der Waals surface area contributed by atoms with Gasteiger partial charge in [0.05, 0.1) is 15.6 Å². The van der Waals surface area contributed by atoms with Gasteiger partial charge in [0.15, 0.2) is 5.75 Å². The van der Waals surface area contributed by atoms with Gasteiger partial charge in [-0.15, -0.1) is 12.4 Å². The van der Waals surface area contributed by atoms with Gasteiger partial charge < -0.3 is 15.8 Å². The van der Waals surface area contributed by atoms with Crippen LogP contribution in [0.25, 0.3) is 0 Å². The number of nitrogens with one attached hydrogen (secondary N) is 2. The zero-order chi connectivity index (χ0) is 22.4. The lowest BCUT2D eigenvalue weighted by atomic mass is 10.2. The van der Waals surface area contributed by atoms with Crippen molar-refractivity contribution in [2.24, 2.45) is 5.73 Å². The Hall–Kier alpha value is -2.49. The lowest BCUT2D eigenvalue weighted by molar-refractivity contribution is 0.0954. The van der Waals surface area contributed by atoms with E-state index >= 15 is 0 Å². The summed E-state index contributed by atoms with van der Waals surface area (Å²) in [5.41, 5.74) is 5.91. The Morgan fingerprint density at radius 2 is 1.66 bits per heavy atom. The van der Waals surface area contributed by atoms with Crippen LogP contribution in [0.15, 0.2) is 71.6 Å². The zero-order valence-corrected chi connectivity index (χ0v) is 19.7. The molecule has 3 rings (SSSR count). The summed E-state index contributed by atoms with van der Waals surface area (Å²) in [6.07, 6.45) is 0. The summed E-state index contributed by atoms with van der Waals surface area (Å²) in [5, 5.41) is 3.36. The molecule has 0 spiro atoms. The van der Waals surface area contributed by atoms with Gasteiger partial charge in [0.1, 0.15) is 5.75 Å². The van der Waals surface area contributed by atoms with Crippen LogP contribution in [-0.2, 0) is 10.0 Å². The molecule has 11 heteroatoms. The van der Waals surface area contributed by atoms with Crippen LogP contribution in [0.5, 0.6) is 11.5 Å². The number of hydrogen-bond donors (Lipinski definition) is 3. The van der Waals surface area contributed by atoms with Crippen molar-refractivity contribution in [1.29, 1.82) is 0 Å². The van der Waals surface area contributed by atoms with Gasteiger partial charge in [0.2, 0.25) is 0 Å². The summed E-state index contributed by atoms with van der Waals surface area (Å²) in [6, 6.07) is 16.8. The molecular weight excluding hydrogens is 497 g/mol. The van der Waals surface area contributed by atoms with Gasteiger partial charge in [0.25, 0.3) is 15.9 Å². The first-order valence-electron chi connectivity index (χ1n) is 9.13. The topological polar surface area (TPSA) is 111 Å². The number of nitrogens with two attached hydrogens (primary N) is 1. The Morgan fingerprint density at radius 1 is 0.969 bits per heavy atom. The molecule has 0 saturated carbocycles. The Labute approximate surface area is 202 Å². The maximum atomic E-state index is 12.8. The second kappa shape index (κ2) is 11.4. The number of carbonyl (C=O) groups excluding carboxylic acids is 1. The fraction of sp³-hybridized carbons (Fsp3) is 0.0952. The lowest BCUT2D eigenvalue weighted by Crippen LogP contribution is -2.29. The highest BCUT2D eigenvalue weighted by Crippen LogP contribution is 2.35. The molecule has 32 heavy (non-hydrogen) atoms. The van der Waals surface area contributed by atoms with Gasteiger partial charge in [-0.1, -0.05) is 35.3 Å². The van der Waals surface area contributed by atoms with E-state index in [0.717, 1.165) is 0 Å². The third-order valence-corrected chi connectivity index (χ3v) is 6.01. The van der Waals surface area contributed by atoms with Crippen molar-refractivity contribution in [1.82, 2.24) is 5.32 Å². The summed E-state index contributed by atoms with van der Waals surface area (Å²) < 4.78 is 34.0. The minimum Gasteiger partial charge on any atom is -0.454 e. The van der Waals surface area contributed by atoms with Gasteiger partial charge in [0, 0.05) is 23.7 Å². The maximum Gasteiger partial charge on any atom is 0.262 e. The van der Waals surface area contributed by atoms with Crippen molar-refractivity contribution in [3.05, 3.63) is 82.3 Å². The average molecular weight is 517 g/mol. The molecule has 3 aromatic carbocycles. The number of halogens is 3. The molecule has 0 unspecified atom stereocenters. The second-order valence-corrected chi connectivity index (χ2v) is 8.87. The van der Waals surface area contributed by atoms with Crippen LogP contribution in [0.2, 0.25) is 10.0 Å². The van der Waals surface area contributed by atoms with Crippen LogP contribution < -0.4 is 20.5 Å². The Balaban J connectivity index is 0.00000363. The van der Waals surface area contributed by atoms with E-state index in [9.17, 15) is 13.2 Å². The van der Waals surface area contributed by atoms with Gasteiger partial charge in [-0.2, -0.15) is 0 Å². The van der Waals surface area contributed by atoms with Gasteiger partial charge in [-0.3, -0.25) is 9.52 Å². The normalized spacial score (nSPS) is 10.7. The first kappa shape index (κ1) is 25.8. The molecule has 0 saturated heterocycles. The van der Waals surface area contributed by atoms with Crippen molar-refractivity contribution < 1.29 is 17.9 Å². The Morgan fingerprint density at radius 3 is 2.31 bits per heavy atom. The number of anilines is 1. The number of benzene rings is 3. The summed E-state index contributed by atoms with van der Waals surface area (Å²) in [4.78, 5) is 11.9. The SMILES string of the molecule is Cl.NCCNC(=O)c1ccc(S(=O)(=O)Nc2ccccc2Oc2ccc(Cl)cc2Cl)cc1.